The molecule has 9 heteroatoms. The first-order chi connectivity index (χ1) is 13.9. The number of aryl methyl sites for hydroxylation is 1. The molecule has 1 N–H and O–H groups in total. The average Bonchev–Trinajstić information content (AvgIpc) is 3.02. The van der Waals surface area contributed by atoms with Gasteiger partial charge in [-0.15, -0.1) is 0 Å². The Hall–Kier alpha value is -2.36. The normalized spacial score (nSPS) is 14.8. The number of nitrogens with one attached hydrogen (secondary N) is 1. The van der Waals surface area contributed by atoms with E-state index in [4.69, 9.17) is 9.47 Å². The van der Waals surface area contributed by atoms with Gasteiger partial charge in [-0.2, -0.15) is 0 Å². The molecule has 0 saturated heterocycles. The highest BCUT2D eigenvalue weighted by atomic mass is 32.2. The molecule has 0 radical (unpaired) electrons. The van der Waals surface area contributed by atoms with Crippen LogP contribution < -0.4 is 19.1 Å². The Bertz CT molecular complexity index is 1210. The lowest BCUT2D eigenvalue weighted by Crippen LogP contribution is -2.27. The molecule has 1 aromatic heterocycles. The molecule has 0 unspecified atom stereocenters. The van der Waals surface area contributed by atoms with Gasteiger partial charge in [0.15, 0.2) is 11.5 Å². The maximum absolute atomic E-state index is 12.9. The number of hydrogen-bond donors (Lipinski definition) is 1. The Morgan fingerprint density at radius 3 is 2.66 bits per heavy atom. The van der Waals surface area contributed by atoms with Crippen molar-refractivity contribution in [1.29, 1.82) is 0 Å². The molecule has 2 aromatic carbocycles. The highest BCUT2D eigenvalue weighted by Crippen LogP contribution is 2.33. The van der Waals surface area contributed by atoms with Crippen LogP contribution in [0.15, 0.2) is 46.1 Å². The first kappa shape index (κ1) is 19.9. The number of aromatic nitrogens is 1. The van der Waals surface area contributed by atoms with Gasteiger partial charge in [-0.05, 0) is 49.2 Å². The topological polar surface area (TPSA) is 86.6 Å². The molecule has 3 aromatic rings. The van der Waals surface area contributed by atoms with Crippen LogP contribution in [0.2, 0.25) is 0 Å². The van der Waals surface area contributed by atoms with E-state index < -0.39 is 16.1 Å². The number of hydrogen-bond acceptors (Lipinski definition) is 6. The molecule has 154 valence electrons. The molecule has 0 amide bonds. The molecule has 2 heterocycles. The lowest BCUT2D eigenvalue weighted by atomic mass is 10.1. The molecule has 1 aliphatic heterocycles. The predicted molar refractivity (Wildman–Crippen MR) is 113 cm³/mol. The van der Waals surface area contributed by atoms with Gasteiger partial charge in [0.2, 0.25) is 10.0 Å². The molecule has 0 aliphatic carbocycles. The summed E-state index contributed by atoms with van der Waals surface area (Å²) in [5.74, 6) is 1.27. The fourth-order valence-electron chi connectivity index (χ4n) is 3.35. The zero-order valence-electron chi connectivity index (χ0n) is 16.2. The van der Waals surface area contributed by atoms with Crippen molar-refractivity contribution in [2.75, 3.05) is 13.2 Å². The van der Waals surface area contributed by atoms with Crippen LogP contribution in [0.1, 0.15) is 31.9 Å². The van der Waals surface area contributed by atoms with Crippen LogP contribution in [0, 0.1) is 0 Å². The van der Waals surface area contributed by atoms with E-state index >= 15 is 0 Å². The third kappa shape index (κ3) is 3.90. The second kappa shape index (κ2) is 7.81. The van der Waals surface area contributed by atoms with Gasteiger partial charge in [-0.1, -0.05) is 24.3 Å². The Balaban J connectivity index is 1.60. The molecule has 0 bridgehead atoms. The first-order valence-corrected chi connectivity index (χ1v) is 11.7. The van der Waals surface area contributed by atoms with Crippen molar-refractivity contribution in [2.45, 2.75) is 37.8 Å². The summed E-state index contributed by atoms with van der Waals surface area (Å²) >= 11 is 1.06. The van der Waals surface area contributed by atoms with E-state index in [-0.39, 0.29) is 9.77 Å². The van der Waals surface area contributed by atoms with E-state index in [9.17, 15) is 13.2 Å². The Morgan fingerprint density at radius 2 is 1.90 bits per heavy atom. The SMILES string of the molecule is CCCn1c(=O)sc2cc(S(=O)(=O)N[C@H](C)c3ccc4c(c3)OCCO4)ccc21. The zero-order chi connectivity index (χ0) is 20.6. The van der Waals surface area contributed by atoms with Crippen LogP contribution in [0.25, 0.3) is 10.2 Å². The molecule has 0 spiro atoms. The van der Waals surface area contributed by atoms with Gasteiger partial charge in [0, 0.05) is 12.6 Å². The third-order valence-corrected chi connectivity index (χ3v) is 7.28. The molecule has 0 saturated carbocycles. The predicted octanol–water partition coefficient (Wildman–Crippen LogP) is 3.28. The van der Waals surface area contributed by atoms with Crippen molar-refractivity contribution in [2.24, 2.45) is 0 Å². The lowest BCUT2D eigenvalue weighted by Gasteiger charge is -2.21. The van der Waals surface area contributed by atoms with E-state index in [0.29, 0.717) is 36.0 Å². The average molecular weight is 435 g/mol. The highest BCUT2D eigenvalue weighted by molar-refractivity contribution is 7.89. The monoisotopic (exact) mass is 434 g/mol. The Kier molecular flexibility index (Phi) is 5.37. The summed E-state index contributed by atoms with van der Waals surface area (Å²) in [6.45, 7) is 5.36. The van der Waals surface area contributed by atoms with Crippen LogP contribution >= 0.6 is 11.3 Å². The lowest BCUT2D eigenvalue weighted by molar-refractivity contribution is 0.171. The number of benzene rings is 2. The van der Waals surface area contributed by atoms with Gasteiger partial charge in [0.1, 0.15) is 13.2 Å². The van der Waals surface area contributed by atoms with Crippen LogP contribution in [-0.4, -0.2) is 26.2 Å². The molecule has 4 rings (SSSR count). The zero-order valence-corrected chi connectivity index (χ0v) is 17.8. The summed E-state index contributed by atoms with van der Waals surface area (Å²) in [4.78, 5) is 12.2. The van der Waals surface area contributed by atoms with Crippen molar-refractivity contribution in [3.05, 3.63) is 51.6 Å². The number of sulfonamides is 1. The number of fused-ring (bicyclic) bond motifs is 2. The van der Waals surface area contributed by atoms with Crippen molar-refractivity contribution < 1.29 is 17.9 Å². The summed E-state index contributed by atoms with van der Waals surface area (Å²) < 4.78 is 42.0. The largest absolute Gasteiger partial charge is 0.486 e. The van der Waals surface area contributed by atoms with Crippen LogP contribution in [0.4, 0.5) is 0 Å². The van der Waals surface area contributed by atoms with Gasteiger partial charge in [0.05, 0.1) is 15.1 Å². The van der Waals surface area contributed by atoms with Crippen molar-refractivity contribution in [3.8, 4) is 11.5 Å². The third-order valence-electron chi connectivity index (χ3n) is 4.80. The standard InChI is InChI=1S/C20H22N2O5S2/c1-3-8-22-16-6-5-15(12-19(16)28-20(22)23)29(24,25)21-13(2)14-4-7-17-18(11-14)27-10-9-26-17/h4-7,11-13,21H,3,8-10H2,1-2H3/t13-/m1/s1. The number of nitrogens with zero attached hydrogens (tertiary/aromatic N) is 1. The minimum Gasteiger partial charge on any atom is -0.486 e. The molecule has 1 atom stereocenters. The van der Waals surface area contributed by atoms with Gasteiger partial charge in [-0.3, -0.25) is 9.36 Å². The maximum Gasteiger partial charge on any atom is 0.308 e. The maximum atomic E-state index is 12.9. The fraction of sp³-hybridized carbons (Fsp3) is 0.350. The minimum atomic E-state index is -3.76. The molecular formula is C20H22N2O5S2. The van der Waals surface area contributed by atoms with Gasteiger partial charge >= 0.3 is 4.87 Å². The Morgan fingerprint density at radius 1 is 1.14 bits per heavy atom. The van der Waals surface area contributed by atoms with Crippen molar-refractivity contribution >= 4 is 31.6 Å². The van der Waals surface area contributed by atoms with E-state index in [1.165, 1.54) is 0 Å². The van der Waals surface area contributed by atoms with Crippen molar-refractivity contribution in [3.63, 3.8) is 0 Å². The number of rotatable bonds is 6. The van der Waals surface area contributed by atoms with Gasteiger partial charge in [0.25, 0.3) is 0 Å². The molecule has 29 heavy (non-hydrogen) atoms. The summed E-state index contributed by atoms with van der Waals surface area (Å²) in [6.07, 6.45) is 0.834. The van der Waals surface area contributed by atoms with Crippen molar-refractivity contribution in [1.82, 2.24) is 9.29 Å². The summed E-state index contributed by atoms with van der Waals surface area (Å²) in [7, 11) is -3.76. The van der Waals surface area contributed by atoms with Gasteiger partial charge in [-0.25, -0.2) is 13.1 Å². The molecule has 0 fully saturated rings. The first-order valence-electron chi connectivity index (χ1n) is 9.44. The highest BCUT2D eigenvalue weighted by Gasteiger charge is 2.21. The molecule has 1 aliphatic rings. The quantitative estimate of drug-likeness (QED) is 0.643. The summed E-state index contributed by atoms with van der Waals surface area (Å²) in [5.41, 5.74) is 1.54. The van der Waals surface area contributed by atoms with E-state index in [2.05, 4.69) is 4.72 Å². The fourth-order valence-corrected chi connectivity index (χ4v) is 5.64. The minimum absolute atomic E-state index is 0.0750. The number of ether oxygens (including phenoxy) is 2. The second-order valence-corrected chi connectivity index (χ2v) is 9.60. The molecular weight excluding hydrogens is 412 g/mol. The van der Waals surface area contributed by atoms with E-state index in [1.807, 2.05) is 13.0 Å². The number of thiazole rings is 1. The second-order valence-electron chi connectivity index (χ2n) is 6.90. The van der Waals surface area contributed by atoms with Crippen LogP contribution in [0.3, 0.4) is 0 Å². The van der Waals surface area contributed by atoms with Crippen LogP contribution in [-0.2, 0) is 16.6 Å². The van der Waals surface area contributed by atoms with E-state index in [1.54, 1.807) is 41.8 Å². The Labute approximate surface area is 172 Å². The van der Waals surface area contributed by atoms with Crippen LogP contribution in [0.5, 0.6) is 11.5 Å². The smallest absolute Gasteiger partial charge is 0.308 e. The summed E-state index contributed by atoms with van der Waals surface area (Å²) in [5, 5.41) is 0. The van der Waals surface area contributed by atoms with Gasteiger partial charge < -0.3 is 9.47 Å². The van der Waals surface area contributed by atoms with E-state index in [0.717, 1.165) is 28.8 Å². The molecule has 7 nitrogen and oxygen atoms in total. The summed E-state index contributed by atoms with van der Waals surface area (Å²) in [6, 6.07) is 9.74.